The van der Waals surface area contributed by atoms with Crippen molar-refractivity contribution in [1.29, 1.82) is 0 Å². The van der Waals surface area contributed by atoms with Crippen LogP contribution in [-0.2, 0) is 4.79 Å². The molecular formula is C10H13NO4. The summed E-state index contributed by atoms with van der Waals surface area (Å²) < 4.78 is 0. The summed E-state index contributed by atoms with van der Waals surface area (Å²) >= 11 is 0. The van der Waals surface area contributed by atoms with Gasteiger partial charge in [-0.25, -0.2) is 9.59 Å². The van der Waals surface area contributed by atoms with Crippen molar-refractivity contribution in [2.75, 3.05) is 0 Å². The summed E-state index contributed by atoms with van der Waals surface area (Å²) in [7, 11) is 0. The molecular weight excluding hydrogens is 198 g/mol. The number of nitrogens with one attached hydrogen (secondary N) is 1. The average molecular weight is 211 g/mol. The zero-order chi connectivity index (χ0) is 11.3. The Morgan fingerprint density at radius 1 is 1.40 bits per heavy atom. The van der Waals surface area contributed by atoms with Gasteiger partial charge >= 0.3 is 12.1 Å². The molecule has 0 saturated heterocycles. The molecule has 5 heteroatoms. The lowest BCUT2D eigenvalue weighted by molar-refractivity contribution is -0.139. The molecule has 0 saturated carbocycles. The Morgan fingerprint density at radius 2 is 2.13 bits per heavy atom. The van der Waals surface area contributed by atoms with Crippen molar-refractivity contribution in [1.82, 2.24) is 5.32 Å². The van der Waals surface area contributed by atoms with Gasteiger partial charge in [-0.1, -0.05) is 18.2 Å². The zero-order valence-corrected chi connectivity index (χ0v) is 8.14. The van der Waals surface area contributed by atoms with Gasteiger partial charge in [0, 0.05) is 6.42 Å². The normalized spacial score (nSPS) is 16.7. The SMILES string of the molecule is O=C(O)NC(CC1=CCCC=C1)C(=O)O. The fourth-order valence-corrected chi connectivity index (χ4v) is 1.40. The highest BCUT2D eigenvalue weighted by Crippen LogP contribution is 2.15. The molecule has 1 unspecified atom stereocenters. The Morgan fingerprint density at radius 3 is 2.60 bits per heavy atom. The van der Waals surface area contributed by atoms with Gasteiger partial charge in [-0.05, 0) is 18.4 Å². The van der Waals surface area contributed by atoms with Gasteiger partial charge in [-0.15, -0.1) is 0 Å². The predicted octanol–water partition coefficient (Wildman–Crippen LogP) is 1.37. The number of rotatable bonds is 4. The summed E-state index contributed by atoms with van der Waals surface area (Å²) in [6, 6.07) is -1.07. The third-order valence-electron chi connectivity index (χ3n) is 2.11. The Bertz CT molecular complexity index is 319. The van der Waals surface area contributed by atoms with Crippen molar-refractivity contribution >= 4 is 12.1 Å². The van der Waals surface area contributed by atoms with Crippen LogP contribution in [0.3, 0.4) is 0 Å². The van der Waals surface area contributed by atoms with E-state index in [9.17, 15) is 9.59 Å². The summed E-state index contributed by atoms with van der Waals surface area (Å²) in [6.45, 7) is 0. The minimum absolute atomic E-state index is 0.193. The van der Waals surface area contributed by atoms with Gasteiger partial charge in [0.25, 0.3) is 0 Å². The summed E-state index contributed by atoms with van der Waals surface area (Å²) in [5.74, 6) is -1.16. The highest BCUT2D eigenvalue weighted by Gasteiger charge is 2.20. The standard InChI is InChI=1S/C10H13NO4/c12-9(13)8(11-10(14)15)6-7-4-2-1-3-5-7/h2,4-5,8,11H,1,3,6H2,(H,12,13)(H,14,15). The fraction of sp³-hybridized carbons (Fsp3) is 0.400. The minimum atomic E-state index is -1.32. The third-order valence-corrected chi connectivity index (χ3v) is 2.11. The van der Waals surface area contributed by atoms with Gasteiger partial charge in [-0.2, -0.15) is 0 Å². The summed E-state index contributed by atoms with van der Waals surface area (Å²) in [5.41, 5.74) is 0.863. The molecule has 0 heterocycles. The van der Waals surface area contributed by atoms with Crippen LogP contribution in [0.25, 0.3) is 0 Å². The van der Waals surface area contributed by atoms with Crippen LogP contribution < -0.4 is 5.32 Å². The van der Waals surface area contributed by atoms with E-state index in [-0.39, 0.29) is 6.42 Å². The van der Waals surface area contributed by atoms with Gasteiger partial charge in [0.2, 0.25) is 0 Å². The van der Waals surface area contributed by atoms with Crippen LogP contribution in [0, 0.1) is 0 Å². The maximum atomic E-state index is 10.7. The van der Waals surface area contributed by atoms with Crippen molar-refractivity contribution in [2.24, 2.45) is 0 Å². The number of carbonyl (C=O) groups is 2. The van der Waals surface area contributed by atoms with E-state index in [1.165, 1.54) is 0 Å². The van der Waals surface area contributed by atoms with Crippen molar-refractivity contribution in [3.63, 3.8) is 0 Å². The first-order valence-electron chi connectivity index (χ1n) is 4.67. The quantitative estimate of drug-likeness (QED) is 0.655. The first-order valence-corrected chi connectivity index (χ1v) is 4.67. The Balaban J connectivity index is 2.58. The molecule has 0 spiro atoms. The molecule has 1 rings (SSSR count). The summed E-state index contributed by atoms with van der Waals surface area (Å²) in [5, 5.41) is 19.2. The van der Waals surface area contributed by atoms with E-state index in [1.54, 1.807) is 0 Å². The van der Waals surface area contributed by atoms with Crippen LogP contribution in [0.2, 0.25) is 0 Å². The third kappa shape index (κ3) is 3.84. The molecule has 1 amide bonds. The molecule has 0 radical (unpaired) electrons. The first kappa shape index (κ1) is 11.3. The Kier molecular flexibility index (Phi) is 3.91. The summed E-state index contributed by atoms with van der Waals surface area (Å²) in [6.07, 6.45) is 6.43. The first-order chi connectivity index (χ1) is 7.09. The van der Waals surface area contributed by atoms with E-state index in [0.29, 0.717) is 0 Å². The van der Waals surface area contributed by atoms with Crippen LogP contribution in [0.15, 0.2) is 23.8 Å². The average Bonchev–Trinajstić information content (AvgIpc) is 2.17. The second-order valence-corrected chi connectivity index (χ2v) is 3.30. The number of aliphatic carboxylic acids is 1. The van der Waals surface area contributed by atoms with E-state index in [1.807, 2.05) is 23.5 Å². The Hall–Kier alpha value is -1.78. The molecule has 1 aliphatic rings. The molecule has 15 heavy (non-hydrogen) atoms. The van der Waals surface area contributed by atoms with Gasteiger partial charge < -0.3 is 15.5 Å². The van der Waals surface area contributed by atoms with Crippen LogP contribution in [-0.4, -0.2) is 28.3 Å². The fourth-order valence-electron chi connectivity index (χ4n) is 1.40. The summed E-state index contributed by atoms with van der Waals surface area (Å²) in [4.78, 5) is 21.1. The number of amides is 1. The van der Waals surface area contributed by atoms with Crippen molar-refractivity contribution < 1.29 is 19.8 Å². The number of carboxylic acid groups (broad SMARTS) is 2. The molecule has 0 aromatic rings. The molecule has 0 aliphatic heterocycles. The molecule has 3 N–H and O–H groups in total. The molecule has 0 aromatic heterocycles. The maximum Gasteiger partial charge on any atom is 0.405 e. The molecule has 0 bridgehead atoms. The molecule has 5 nitrogen and oxygen atoms in total. The van der Waals surface area contributed by atoms with Crippen LogP contribution in [0.5, 0.6) is 0 Å². The predicted molar refractivity (Wildman–Crippen MR) is 53.7 cm³/mol. The lowest BCUT2D eigenvalue weighted by atomic mass is 10.0. The second kappa shape index (κ2) is 5.19. The van der Waals surface area contributed by atoms with Gasteiger partial charge in [0.05, 0.1) is 0 Å². The Labute approximate surface area is 87.1 Å². The number of hydrogen-bond acceptors (Lipinski definition) is 2. The lowest BCUT2D eigenvalue weighted by Gasteiger charge is -2.14. The van der Waals surface area contributed by atoms with E-state index in [0.717, 1.165) is 18.4 Å². The molecule has 1 aliphatic carbocycles. The zero-order valence-electron chi connectivity index (χ0n) is 8.14. The molecule has 82 valence electrons. The van der Waals surface area contributed by atoms with E-state index >= 15 is 0 Å². The number of allylic oxidation sites excluding steroid dienone is 3. The lowest BCUT2D eigenvalue weighted by Crippen LogP contribution is -2.40. The molecule has 1 atom stereocenters. The number of carboxylic acids is 1. The number of hydrogen-bond donors (Lipinski definition) is 3. The topological polar surface area (TPSA) is 86.6 Å². The second-order valence-electron chi connectivity index (χ2n) is 3.30. The highest BCUT2D eigenvalue weighted by atomic mass is 16.4. The van der Waals surface area contributed by atoms with Crippen LogP contribution in [0.1, 0.15) is 19.3 Å². The van der Waals surface area contributed by atoms with Crippen molar-refractivity contribution in [3.8, 4) is 0 Å². The maximum absolute atomic E-state index is 10.7. The van der Waals surface area contributed by atoms with Crippen molar-refractivity contribution in [3.05, 3.63) is 23.8 Å². The van der Waals surface area contributed by atoms with Gasteiger partial charge in [0.1, 0.15) is 6.04 Å². The largest absolute Gasteiger partial charge is 0.480 e. The monoisotopic (exact) mass is 211 g/mol. The molecule has 0 fully saturated rings. The van der Waals surface area contributed by atoms with Crippen LogP contribution in [0.4, 0.5) is 4.79 Å². The highest BCUT2D eigenvalue weighted by molar-refractivity contribution is 5.79. The minimum Gasteiger partial charge on any atom is -0.480 e. The molecule has 0 aromatic carbocycles. The van der Waals surface area contributed by atoms with Gasteiger partial charge in [0.15, 0.2) is 0 Å². The van der Waals surface area contributed by atoms with Gasteiger partial charge in [-0.3, -0.25) is 0 Å². The smallest absolute Gasteiger partial charge is 0.405 e. The van der Waals surface area contributed by atoms with Crippen LogP contribution >= 0.6 is 0 Å². The van der Waals surface area contributed by atoms with E-state index in [2.05, 4.69) is 0 Å². The van der Waals surface area contributed by atoms with Crippen molar-refractivity contribution in [2.45, 2.75) is 25.3 Å². The van der Waals surface area contributed by atoms with E-state index in [4.69, 9.17) is 10.2 Å². The van der Waals surface area contributed by atoms with E-state index < -0.39 is 18.1 Å².